The highest BCUT2D eigenvalue weighted by molar-refractivity contribution is 7.90. The zero-order valence-electron chi connectivity index (χ0n) is 16.1. The molecular weight excluding hydrogens is 420 g/mol. The molecule has 8 heteroatoms. The van der Waals surface area contributed by atoms with Crippen LogP contribution in [-0.2, 0) is 27.8 Å². The normalized spacial score (nSPS) is 14.5. The van der Waals surface area contributed by atoms with E-state index in [-0.39, 0.29) is 10.5 Å². The molecule has 0 saturated heterocycles. The minimum absolute atomic E-state index is 0.0445. The molecule has 30 heavy (non-hydrogen) atoms. The highest BCUT2D eigenvalue weighted by atomic mass is 32.2. The van der Waals surface area contributed by atoms with Gasteiger partial charge in [-0.1, -0.05) is 48.5 Å². The predicted octanol–water partition coefficient (Wildman–Crippen LogP) is 3.16. The van der Waals surface area contributed by atoms with E-state index in [1.807, 2.05) is 47.8 Å². The second-order valence-electron chi connectivity index (χ2n) is 6.94. The third-order valence-electron chi connectivity index (χ3n) is 4.98. The van der Waals surface area contributed by atoms with Crippen LogP contribution in [0.1, 0.15) is 20.8 Å². The van der Waals surface area contributed by atoms with Gasteiger partial charge in [-0.2, -0.15) is 0 Å². The number of carbonyl (C=O) groups excluding carboxylic acids is 2. The van der Waals surface area contributed by atoms with Crippen molar-refractivity contribution in [2.45, 2.75) is 17.9 Å². The molecule has 3 aromatic rings. The standard InChI is InChI=1S/C22H20N2O4S2/c25-21(16-24-22(26)19-10-4-5-11-20(19)30(24,27)28)23(15-18-9-6-14-29-18)13-12-17-7-2-1-3-8-17/h1-11,14H,12-13,15-16H2. The van der Waals surface area contributed by atoms with Crippen molar-refractivity contribution in [3.8, 4) is 0 Å². The molecule has 0 saturated carbocycles. The van der Waals surface area contributed by atoms with Crippen molar-refractivity contribution < 1.29 is 18.0 Å². The van der Waals surface area contributed by atoms with E-state index >= 15 is 0 Å². The van der Waals surface area contributed by atoms with Crippen molar-refractivity contribution in [1.82, 2.24) is 9.21 Å². The lowest BCUT2D eigenvalue weighted by atomic mass is 10.1. The van der Waals surface area contributed by atoms with Crippen LogP contribution in [0, 0.1) is 0 Å². The van der Waals surface area contributed by atoms with Gasteiger partial charge in [0, 0.05) is 11.4 Å². The van der Waals surface area contributed by atoms with Gasteiger partial charge in [-0.05, 0) is 35.6 Å². The van der Waals surface area contributed by atoms with Crippen LogP contribution < -0.4 is 0 Å². The van der Waals surface area contributed by atoms with E-state index in [1.54, 1.807) is 17.0 Å². The first kappa shape index (κ1) is 20.3. The molecule has 0 atom stereocenters. The number of hydrogen-bond acceptors (Lipinski definition) is 5. The number of rotatable bonds is 7. The summed E-state index contributed by atoms with van der Waals surface area (Å²) in [6.07, 6.45) is 0.638. The smallest absolute Gasteiger partial charge is 0.269 e. The summed E-state index contributed by atoms with van der Waals surface area (Å²) in [5, 5.41) is 1.93. The number of nitrogens with zero attached hydrogens (tertiary/aromatic N) is 2. The molecule has 0 N–H and O–H groups in total. The van der Waals surface area contributed by atoms with Crippen molar-refractivity contribution in [3.63, 3.8) is 0 Å². The predicted molar refractivity (Wildman–Crippen MR) is 115 cm³/mol. The van der Waals surface area contributed by atoms with Crippen molar-refractivity contribution in [3.05, 3.63) is 88.1 Å². The molecule has 154 valence electrons. The molecule has 0 spiro atoms. The molecule has 0 fully saturated rings. The summed E-state index contributed by atoms with van der Waals surface area (Å²) >= 11 is 1.53. The van der Waals surface area contributed by atoms with Crippen molar-refractivity contribution in [1.29, 1.82) is 0 Å². The summed E-state index contributed by atoms with van der Waals surface area (Å²) in [6.45, 7) is 0.296. The Kier molecular flexibility index (Phi) is 5.69. The van der Waals surface area contributed by atoms with Crippen LogP contribution in [0.2, 0.25) is 0 Å². The lowest BCUT2D eigenvalue weighted by Gasteiger charge is -2.25. The molecule has 1 aliphatic heterocycles. The van der Waals surface area contributed by atoms with Gasteiger partial charge in [0.05, 0.1) is 12.1 Å². The number of benzene rings is 2. The van der Waals surface area contributed by atoms with Crippen LogP contribution in [0.15, 0.2) is 77.0 Å². The van der Waals surface area contributed by atoms with Crippen LogP contribution in [-0.4, -0.2) is 42.5 Å². The summed E-state index contributed by atoms with van der Waals surface area (Å²) < 4.78 is 26.3. The van der Waals surface area contributed by atoms with Gasteiger partial charge in [0.2, 0.25) is 5.91 Å². The SMILES string of the molecule is O=C(CN1C(=O)c2ccccc2S1(=O)=O)N(CCc1ccccc1)Cc1cccs1. The van der Waals surface area contributed by atoms with Gasteiger partial charge in [-0.15, -0.1) is 11.3 Å². The van der Waals surface area contributed by atoms with Gasteiger partial charge >= 0.3 is 0 Å². The first-order valence-electron chi connectivity index (χ1n) is 9.47. The Morgan fingerprint density at radius 2 is 1.70 bits per heavy atom. The monoisotopic (exact) mass is 440 g/mol. The van der Waals surface area contributed by atoms with E-state index in [0.29, 0.717) is 23.8 Å². The van der Waals surface area contributed by atoms with Gasteiger partial charge < -0.3 is 4.90 Å². The van der Waals surface area contributed by atoms with Gasteiger partial charge in [0.1, 0.15) is 11.4 Å². The number of carbonyl (C=O) groups is 2. The van der Waals surface area contributed by atoms with Crippen LogP contribution >= 0.6 is 11.3 Å². The van der Waals surface area contributed by atoms with Gasteiger partial charge in [-0.25, -0.2) is 12.7 Å². The molecule has 2 heterocycles. The molecule has 1 aromatic heterocycles. The van der Waals surface area contributed by atoms with Crippen molar-refractivity contribution in [2.75, 3.05) is 13.1 Å². The molecule has 4 rings (SSSR count). The van der Waals surface area contributed by atoms with E-state index in [2.05, 4.69) is 0 Å². The maximum absolute atomic E-state index is 13.1. The Labute approximate surface area is 179 Å². The first-order valence-corrected chi connectivity index (χ1v) is 11.8. The summed E-state index contributed by atoms with van der Waals surface area (Å²) in [5.74, 6) is -1.05. The number of amides is 2. The van der Waals surface area contributed by atoms with Gasteiger partial charge in [-0.3, -0.25) is 9.59 Å². The van der Waals surface area contributed by atoms with Crippen LogP contribution in [0.3, 0.4) is 0 Å². The lowest BCUT2D eigenvalue weighted by Crippen LogP contribution is -2.43. The number of fused-ring (bicyclic) bond motifs is 1. The van der Waals surface area contributed by atoms with Crippen LogP contribution in [0.5, 0.6) is 0 Å². The zero-order chi connectivity index (χ0) is 21.1. The fourth-order valence-corrected chi connectivity index (χ4v) is 5.64. The summed E-state index contributed by atoms with van der Waals surface area (Å²) in [7, 11) is -4.01. The molecule has 0 bridgehead atoms. The lowest BCUT2D eigenvalue weighted by molar-refractivity contribution is -0.131. The second-order valence-corrected chi connectivity index (χ2v) is 9.81. The van der Waals surface area contributed by atoms with Gasteiger partial charge in [0.15, 0.2) is 0 Å². The Balaban J connectivity index is 1.53. The minimum Gasteiger partial charge on any atom is -0.336 e. The number of hydrogen-bond donors (Lipinski definition) is 0. The highest BCUT2D eigenvalue weighted by Gasteiger charge is 2.42. The summed E-state index contributed by atoms with van der Waals surface area (Å²) in [5.41, 5.74) is 1.19. The number of thiophene rings is 1. The largest absolute Gasteiger partial charge is 0.336 e. The van der Waals surface area contributed by atoms with E-state index < -0.39 is 28.4 Å². The molecule has 2 amide bonds. The maximum atomic E-state index is 13.1. The fourth-order valence-electron chi connectivity index (χ4n) is 3.40. The Morgan fingerprint density at radius 1 is 0.967 bits per heavy atom. The van der Waals surface area contributed by atoms with Crippen molar-refractivity contribution >= 4 is 33.2 Å². The quantitative estimate of drug-likeness (QED) is 0.566. The number of sulfonamides is 1. The fraction of sp³-hybridized carbons (Fsp3) is 0.182. The van der Waals surface area contributed by atoms with Crippen LogP contribution in [0.4, 0.5) is 0 Å². The van der Waals surface area contributed by atoms with Gasteiger partial charge in [0.25, 0.3) is 15.9 Å². The summed E-state index contributed by atoms with van der Waals surface area (Å²) in [6, 6.07) is 19.7. The van der Waals surface area contributed by atoms with E-state index in [1.165, 1.54) is 23.5 Å². The highest BCUT2D eigenvalue weighted by Crippen LogP contribution is 2.29. The first-order chi connectivity index (χ1) is 14.5. The minimum atomic E-state index is -4.01. The third kappa shape index (κ3) is 4.01. The second kappa shape index (κ2) is 8.41. The Morgan fingerprint density at radius 3 is 2.40 bits per heavy atom. The van der Waals surface area contributed by atoms with E-state index in [9.17, 15) is 18.0 Å². The topological polar surface area (TPSA) is 74.8 Å². The maximum Gasteiger partial charge on any atom is 0.269 e. The third-order valence-corrected chi connectivity index (χ3v) is 7.63. The molecule has 6 nitrogen and oxygen atoms in total. The molecule has 0 aliphatic carbocycles. The van der Waals surface area contributed by atoms with E-state index in [4.69, 9.17) is 0 Å². The molecule has 2 aromatic carbocycles. The van der Waals surface area contributed by atoms with E-state index in [0.717, 1.165) is 10.4 Å². The zero-order valence-corrected chi connectivity index (χ0v) is 17.7. The van der Waals surface area contributed by atoms with Crippen LogP contribution in [0.25, 0.3) is 0 Å². The Bertz CT molecular complexity index is 1160. The molecular formula is C22H20N2O4S2. The molecule has 0 unspecified atom stereocenters. The average Bonchev–Trinajstić information content (AvgIpc) is 3.33. The summed E-state index contributed by atoms with van der Waals surface area (Å²) in [4.78, 5) is 28.3. The Hall–Kier alpha value is -2.97. The molecule has 1 aliphatic rings. The van der Waals surface area contributed by atoms with Crippen molar-refractivity contribution in [2.24, 2.45) is 0 Å². The molecule has 0 radical (unpaired) electrons. The average molecular weight is 441 g/mol.